The van der Waals surface area contributed by atoms with Crippen molar-refractivity contribution >= 4 is 9.84 Å². The van der Waals surface area contributed by atoms with Crippen LogP contribution in [0, 0.1) is 23.2 Å². The summed E-state index contributed by atoms with van der Waals surface area (Å²) in [7, 11) is -3.41. The van der Waals surface area contributed by atoms with E-state index >= 15 is 0 Å². The summed E-state index contributed by atoms with van der Waals surface area (Å²) in [6, 6.07) is 8.55. The van der Waals surface area contributed by atoms with Crippen LogP contribution in [0.5, 0.6) is 0 Å². The van der Waals surface area contributed by atoms with E-state index in [0.29, 0.717) is 11.3 Å². The van der Waals surface area contributed by atoms with E-state index in [2.05, 4.69) is 18.4 Å². The fourth-order valence-electron chi connectivity index (χ4n) is 2.19. The van der Waals surface area contributed by atoms with Gasteiger partial charge in [-0.15, -0.1) is 6.58 Å². The van der Waals surface area contributed by atoms with Gasteiger partial charge in [0.15, 0.2) is 9.84 Å². The molecule has 2 rings (SSSR count). The van der Waals surface area contributed by atoms with Crippen LogP contribution in [0.25, 0.3) is 0 Å². The number of hydrogen-bond donors (Lipinski definition) is 0. The lowest BCUT2D eigenvalue weighted by atomic mass is 9.98. The summed E-state index contributed by atoms with van der Waals surface area (Å²) in [4.78, 5) is 0.347. The van der Waals surface area contributed by atoms with Gasteiger partial charge in [-0.05, 0) is 39.3 Å². The molecule has 0 N–H and O–H groups in total. The maximum atomic E-state index is 12.7. The molecule has 0 radical (unpaired) electrons. The molecule has 106 valence electrons. The maximum Gasteiger partial charge on any atom is 0.188 e. The Labute approximate surface area is 121 Å². The minimum atomic E-state index is -3.41. The highest BCUT2D eigenvalue weighted by molar-refractivity contribution is 7.93. The van der Waals surface area contributed by atoms with Crippen molar-refractivity contribution in [2.24, 2.45) is 11.3 Å². The molecule has 2 atom stereocenters. The lowest BCUT2D eigenvalue weighted by molar-refractivity contribution is 0.569. The van der Waals surface area contributed by atoms with Crippen LogP contribution in [0.4, 0.5) is 0 Å². The van der Waals surface area contributed by atoms with Gasteiger partial charge in [0.05, 0.1) is 4.90 Å². The molecule has 1 aliphatic rings. The smallest absolute Gasteiger partial charge is 0.188 e. The Morgan fingerprint density at radius 3 is 2.40 bits per heavy atom. The first kappa shape index (κ1) is 14.9. The largest absolute Gasteiger partial charge is 0.223 e. The molecule has 0 amide bonds. The standard InChI is InChI=1S/C17H20O2S/c1-5-17(13-14(17)11-12-16(2,3)4)20(18,19)15-9-7-6-8-10-15/h5-10,14H,1,13H2,2-4H3/t14-,17-/m1/s1. The van der Waals surface area contributed by atoms with E-state index in [-0.39, 0.29) is 11.3 Å². The zero-order valence-corrected chi connectivity index (χ0v) is 13.0. The Kier molecular flexibility index (Phi) is 3.56. The van der Waals surface area contributed by atoms with Crippen LogP contribution in [0.3, 0.4) is 0 Å². The Balaban J connectivity index is 2.36. The molecule has 0 bridgehead atoms. The molecule has 0 heterocycles. The summed E-state index contributed by atoms with van der Waals surface area (Å²) in [6.07, 6.45) is 2.09. The van der Waals surface area contributed by atoms with Crippen LogP contribution >= 0.6 is 0 Å². The van der Waals surface area contributed by atoms with Crippen LogP contribution in [0.1, 0.15) is 27.2 Å². The minimum absolute atomic E-state index is 0.119. The maximum absolute atomic E-state index is 12.7. The summed E-state index contributed by atoms with van der Waals surface area (Å²) >= 11 is 0. The number of sulfone groups is 1. The fourth-order valence-corrected chi connectivity index (χ4v) is 4.18. The highest BCUT2D eigenvalue weighted by atomic mass is 32.2. The van der Waals surface area contributed by atoms with Crippen LogP contribution in [-0.4, -0.2) is 13.2 Å². The highest BCUT2D eigenvalue weighted by Gasteiger charge is 2.61. The number of rotatable bonds is 3. The molecule has 1 fully saturated rings. The molecule has 1 aliphatic carbocycles. The quantitative estimate of drug-likeness (QED) is 0.630. The minimum Gasteiger partial charge on any atom is -0.223 e. The Morgan fingerprint density at radius 2 is 1.90 bits per heavy atom. The van der Waals surface area contributed by atoms with Crippen molar-refractivity contribution in [1.29, 1.82) is 0 Å². The first-order chi connectivity index (χ1) is 9.23. The van der Waals surface area contributed by atoms with Gasteiger partial charge in [-0.25, -0.2) is 8.42 Å². The van der Waals surface area contributed by atoms with Gasteiger partial charge in [0.2, 0.25) is 0 Å². The average molecular weight is 288 g/mol. The first-order valence-electron chi connectivity index (χ1n) is 6.69. The molecule has 0 aromatic heterocycles. The second-order valence-electron chi connectivity index (χ2n) is 6.25. The van der Waals surface area contributed by atoms with Crippen molar-refractivity contribution in [2.45, 2.75) is 36.8 Å². The van der Waals surface area contributed by atoms with E-state index in [1.54, 1.807) is 30.3 Å². The van der Waals surface area contributed by atoms with Crippen LogP contribution in [0.2, 0.25) is 0 Å². The summed E-state index contributed by atoms with van der Waals surface area (Å²) < 4.78 is 24.6. The monoisotopic (exact) mass is 288 g/mol. The SMILES string of the molecule is C=C[C@@]1(S(=O)(=O)c2ccccc2)C[C@H]1C#CC(C)(C)C. The van der Waals surface area contributed by atoms with Gasteiger partial charge < -0.3 is 0 Å². The van der Waals surface area contributed by atoms with Crippen molar-refractivity contribution in [3.8, 4) is 11.8 Å². The molecule has 0 spiro atoms. The molecule has 0 aliphatic heterocycles. The van der Waals surface area contributed by atoms with E-state index < -0.39 is 14.6 Å². The number of hydrogen-bond acceptors (Lipinski definition) is 2. The van der Waals surface area contributed by atoms with Gasteiger partial charge in [0, 0.05) is 11.3 Å². The molecule has 20 heavy (non-hydrogen) atoms. The normalized spacial score (nSPS) is 25.4. The van der Waals surface area contributed by atoms with Gasteiger partial charge in [-0.2, -0.15) is 0 Å². The van der Waals surface area contributed by atoms with Crippen molar-refractivity contribution in [3.05, 3.63) is 43.0 Å². The van der Waals surface area contributed by atoms with E-state index in [1.165, 1.54) is 0 Å². The van der Waals surface area contributed by atoms with E-state index in [4.69, 9.17) is 0 Å². The fraction of sp³-hybridized carbons (Fsp3) is 0.412. The van der Waals surface area contributed by atoms with Crippen LogP contribution < -0.4 is 0 Å². The third-order valence-electron chi connectivity index (χ3n) is 3.47. The third kappa shape index (κ3) is 2.53. The lowest BCUT2D eigenvalue weighted by Gasteiger charge is -2.13. The Bertz CT molecular complexity index is 669. The molecule has 2 nitrogen and oxygen atoms in total. The van der Waals surface area contributed by atoms with E-state index in [0.717, 1.165) is 0 Å². The Morgan fingerprint density at radius 1 is 1.30 bits per heavy atom. The van der Waals surface area contributed by atoms with Gasteiger partial charge in [-0.3, -0.25) is 0 Å². The molecule has 1 saturated carbocycles. The van der Waals surface area contributed by atoms with E-state index in [9.17, 15) is 8.42 Å². The highest BCUT2D eigenvalue weighted by Crippen LogP contribution is 2.53. The summed E-state index contributed by atoms with van der Waals surface area (Å²) in [5.41, 5.74) is -0.119. The lowest BCUT2D eigenvalue weighted by Crippen LogP contribution is -2.23. The zero-order valence-electron chi connectivity index (χ0n) is 12.2. The predicted molar refractivity (Wildman–Crippen MR) is 81.9 cm³/mol. The second-order valence-corrected chi connectivity index (χ2v) is 8.49. The Hall–Kier alpha value is -1.53. The van der Waals surface area contributed by atoms with Crippen molar-refractivity contribution in [3.63, 3.8) is 0 Å². The molecule has 1 aromatic carbocycles. The van der Waals surface area contributed by atoms with Gasteiger partial charge in [0.25, 0.3) is 0 Å². The molecule has 0 saturated heterocycles. The zero-order chi connectivity index (χ0) is 15.0. The average Bonchev–Trinajstić information content (AvgIpc) is 3.12. The molecule has 3 heteroatoms. The predicted octanol–water partition coefficient (Wildman–Crippen LogP) is 3.45. The molecule has 0 unspecified atom stereocenters. The summed E-state index contributed by atoms with van der Waals surface area (Å²) in [5, 5.41) is 0. The van der Waals surface area contributed by atoms with Crippen molar-refractivity contribution < 1.29 is 8.42 Å². The van der Waals surface area contributed by atoms with Crippen molar-refractivity contribution in [1.82, 2.24) is 0 Å². The summed E-state index contributed by atoms with van der Waals surface area (Å²) in [6.45, 7) is 9.79. The topological polar surface area (TPSA) is 34.1 Å². The molecule has 1 aromatic rings. The van der Waals surface area contributed by atoms with Gasteiger partial charge >= 0.3 is 0 Å². The summed E-state index contributed by atoms with van der Waals surface area (Å²) in [5.74, 6) is 6.10. The van der Waals surface area contributed by atoms with Crippen molar-refractivity contribution in [2.75, 3.05) is 0 Å². The van der Waals surface area contributed by atoms with Crippen LogP contribution in [-0.2, 0) is 9.84 Å². The first-order valence-corrected chi connectivity index (χ1v) is 8.17. The number of benzene rings is 1. The van der Waals surface area contributed by atoms with Gasteiger partial charge in [0.1, 0.15) is 4.75 Å². The third-order valence-corrected chi connectivity index (χ3v) is 5.98. The molecular weight excluding hydrogens is 268 g/mol. The molecular formula is C17H20O2S. The van der Waals surface area contributed by atoms with Crippen LogP contribution in [0.15, 0.2) is 47.9 Å². The van der Waals surface area contributed by atoms with Gasteiger partial charge in [-0.1, -0.05) is 36.1 Å². The van der Waals surface area contributed by atoms with E-state index in [1.807, 2.05) is 26.8 Å². The second kappa shape index (κ2) is 4.79.